The molecule has 26 heavy (non-hydrogen) atoms. The number of benzene rings is 2. The summed E-state index contributed by atoms with van der Waals surface area (Å²) in [4.78, 5) is 12.5. The van der Waals surface area contributed by atoms with Gasteiger partial charge in [-0.3, -0.25) is 4.79 Å². The van der Waals surface area contributed by atoms with Crippen LogP contribution in [0.2, 0.25) is 0 Å². The number of amides is 1. The molecule has 1 N–H and O–H groups in total. The van der Waals surface area contributed by atoms with Crippen LogP contribution in [-0.4, -0.2) is 23.9 Å². The molecule has 1 aliphatic heterocycles. The molecular weight excluding hydrogens is 360 g/mol. The van der Waals surface area contributed by atoms with Gasteiger partial charge in [0.15, 0.2) is 18.1 Å². The fraction of sp³-hybridized carbons (Fsp3) is 0.316. The average Bonchev–Trinajstić information content (AvgIpc) is 2.88. The summed E-state index contributed by atoms with van der Waals surface area (Å²) >= 11 is 0.389. The lowest BCUT2D eigenvalue weighted by atomic mass is 10.0. The van der Waals surface area contributed by atoms with E-state index in [2.05, 4.69) is 5.32 Å². The quantitative estimate of drug-likeness (QED) is 0.737. The molecule has 0 spiro atoms. The topological polar surface area (TPSA) is 47.6 Å². The minimum Gasteiger partial charge on any atom is -0.483 e. The van der Waals surface area contributed by atoms with Gasteiger partial charge in [-0.1, -0.05) is 36.0 Å². The predicted molar refractivity (Wildman–Crippen MR) is 97.3 cm³/mol. The number of carbonyl (C=O) groups is 1. The van der Waals surface area contributed by atoms with Gasteiger partial charge in [0.1, 0.15) is 5.60 Å². The number of ether oxygens (including phenoxy) is 2. The summed E-state index contributed by atoms with van der Waals surface area (Å²) in [7, 11) is 0. The van der Waals surface area contributed by atoms with Crippen molar-refractivity contribution >= 4 is 23.4 Å². The summed E-state index contributed by atoms with van der Waals surface area (Å²) in [5.74, 6) is -1.84. The fourth-order valence-electron chi connectivity index (χ4n) is 2.80. The number of anilines is 1. The Morgan fingerprint density at radius 2 is 2.04 bits per heavy atom. The Labute approximate surface area is 154 Å². The molecule has 0 fully saturated rings. The molecule has 0 bridgehead atoms. The van der Waals surface area contributed by atoms with Gasteiger partial charge < -0.3 is 14.8 Å². The standard InChI is InChI=1S/C19H19F2NO3S/c1-19(2)10-12-6-5-8-14(17(12)25-19)24-11-16(23)22-13-7-3-4-9-15(13)26-18(20)21/h3-9,18H,10-11H2,1-2H3,(H,22,23). The van der Waals surface area contributed by atoms with Crippen LogP contribution in [0, 0.1) is 0 Å². The SMILES string of the molecule is CC1(C)Cc2cccc(OCC(=O)Nc3ccccc3SC(F)F)c2O1. The number of alkyl halides is 2. The largest absolute Gasteiger partial charge is 0.483 e. The molecule has 0 radical (unpaired) electrons. The smallest absolute Gasteiger partial charge is 0.288 e. The van der Waals surface area contributed by atoms with E-state index < -0.39 is 11.7 Å². The van der Waals surface area contributed by atoms with Crippen LogP contribution in [0.1, 0.15) is 19.4 Å². The van der Waals surface area contributed by atoms with Crippen molar-refractivity contribution in [1.29, 1.82) is 0 Å². The van der Waals surface area contributed by atoms with Gasteiger partial charge in [-0.25, -0.2) is 0 Å². The van der Waals surface area contributed by atoms with Crippen molar-refractivity contribution in [2.24, 2.45) is 0 Å². The number of para-hydroxylation sites is 2. The first-order valence-electron chi connectivity index (χ1n) is 8.11. The van der Waals surface area contributed by atoms with Crippen LogP contribution in [0.3, 0.4) is 0 Å². The van der Waals surface area contributed by atoms with E-state index in [0.29, 0.717) is 33.8 Å². The van der Waals surface area contributed by atoms with Crippen LogP contribution in [0.15, 0.2) is 47.4 Å². The third kappa shape index (κ3) is 4.46. The van der Waals surface area contributed by atoms with E-state index in [4.69, 9.17) is 9.47 Å². The molecule has 1 aliphatic rings. The fourth-order valence-corrected chi connectivity index (χ4v) is 3.39. The first-order chi connectivity index (χ1) is 12.3. The third-order valence-corrected chi connectivity index (χ3v) is 4.58. The highest BCUT2D eigenvalue weighted by Gasteiger charge is 2.32. The van der Waals surface area contributed by atoms with Crippen molar-refractivity contribution in [2.75, 3.05) is 11.9 Å². The monoisotopic (exact) mass is 379 g/mol. The van der Waals surface area contributed by atoms with Gasteiger partial charge in [-0.2, -0.15) is 8.78 Å². The van der Waals surface area contributed by atoms with Crippen molar-refractivity contribution in [1.82, 2.24) is 0 Å². The number of hydrogen-bond acceptors (Lipinski definition) is 4. The maximum absolute atomic E-state index is 12.6. The predicted octanol–water partition coefficient (Wildman–Crippen LogP) is 4.73. The highest BCUT2D eigenvalue weighted by atomic mass is 32.2. The van der Waals surface area contributed by atoms with Crippen LogP contribution in [0.4, 0.5) is 14.5 Å². The maximum Gasteiger partial charge on any atom is 0.288 e. The second-order valence-corrected chi connectivity index (χ2v) is 7.53. The molecule has 0 atom stereocenters. The number of hydrogen-bond donors (Lipinski definition) is 1. The van der Waals surface area contributed by atoms with Gasteiger partial charge in [0.25, 0.3) is 11.7 Å². The van der Waals surface area contributed by atoms with Gasteiger partial charge in [0.2, 0.25) is 0 Å². The average molecular weight is 379 g/mol. The lowest BCUT2D eigenvalue weighted by molar-refractivity contribution is -0.118. The van der Waals surface area contributed by atoms with Gasteiger partial charge in [-0.15, -0.1) is 0 Å². The van der Waals surface area contributed by atoms with Crippen molar-refractivity contribution < 1.29 is 23.0 Å². The Bertz CT molecular complexity index is 811. The Kier molecular flexibility index (Phi) is 5.36. The third-order valence-electron chi connectivity index (χ3n) is 3.79. The van der Waals surface area contributed by atoms with Crippen molar-refractivity contribution in [2.45, 2.75) is 36.5 Å². The van der Waals surface area contributed by atoms with E-state index in [9.17, 15) is 13.6 Å². The Morgan fingerprint density at radius 3 is 2.81 bits per heavy atom. The number of carbonyl (C=O) groups excluding carboxylic acids is 1. The molecule has 0 saturated heterocycles. The molecule has 0 aromatic heterocycles. The number of thioether (sulfide) groups is 1. The Morgan fingerprint density at radius 1 is 1.27 bits per heavy atom. The van der Waals surface area contributed by atoms with Crippen LogP contribution in [0.25, 0.3) is 0 Å². The summed E-state index contributed by atoms with van der Waals surface area (Å²) in [5, 5.41) is 2.61. The molecule has 2 aromatic carbocycles. The van der Waals surface area contributed by atoms with E-state index in [1.54, 1.807) is 24.3 Å². The van der Waals surface area contributed by atoms with Crippen LogP contribution >= 0.6 is 11.8 Å². The highest BCUT2D eigenvalue weighted by molar-refractivity contribution is 7.99. The second kappa shape index (κ2) is 7.53. The number of halogens is 2. The number of fused-ring (bicyclic) bond motifs is 1. The Hall–Kier alpha value is -2.28. The van der Waals surface area contributed by atoms with Crippen molar-refractivity contribution in [3.63, 3.8) is 0 Å². The zero-order valence-electron chi connectivity index (χ0n) is 14.4. The molecule has 0 saturated carbocycles. The molecule has 4 nitrogen and oxygen atoms in total. The van der Waals surface area contributed by atoms with Crippen molar-refractivity contribution in [3.8, 4) is 11.5 Å². The Balaban J connectivity index is 1.64. The van der Waals surface area contributed by atoms with Gasteiger partial charge in [0, 0.05) is 16.9 Å². The minimum atomic E-state index is -2.56. The summed E-state index contributed by atoms with van der Waals surface area (Å²) in [6.07, 6.45) is 0.768. The van der Waals surface area contributed by atoms with Crippen LogP contribution in [-0.2, 0) is 11.2 Å². The zero-order chi connectivity index (χ0) is 18.7. The number of nitrogens with one attached hydrogen (secondary N) is 1. The zero-order valence-corrected chi connectivity index (χ0v) is 15.2. The lowest BCUT2D eigenvalue weighted by Crippen LogP contribution is -2.25. The second-order valence-electron chi connectivity index (χ2n) is 6.49. The van der Waals surface area contributed by atoms with E-state index >= 15 is 0 Å². The van der Waals surface area contributed by atoms with E-state index in [1.807, 2.05) is 26.0 Å². The molecule has 1 amide bonds. The molecule has 2 aromatic rings. The maximum atomic E-state index is 12.6. The van der Waals surface area contributed by atoms with E-state index in [-0.39, 0.29) is 12.2 Å². The minimum absolute atomic E-state index is 0.242. The molecule has 7 heteroatoms. The molecule has 138 valence electrons. The summed E-state index contributed by atoms with van der Waals surface area (Å²) in [6, 6.07) is 12.0. The highest BCUT2D eigenvalue weighted by Crippen LogP contribution is 2.41. The van der Waals surface area contributed by atoms with Crippen LogP contribution in [0.5, 0.6) is 11.5 Å². The van der Waals surface area contributed by atoms with Crippen LogP contribution < -0.4 is 14.8 Å². The molecule has 3 rings (SSSR count). The molecule has 0 unspecified atom stereocenters. The first-order valence-corrected chi connectivity index (χ1v) is 8.99. The number of rotatable bonds is 6. The lowest BCUT2D eigenvalue weighted by Gasteiger charge is -2.18. The van der Waals surface area contributed by atoms with E-state index in [1.165, 1.54) is 6.07 Å². The molecule has 1 heterocycles. The van der Waals surface area contributed by atoms with Gasteiger partial charge in [-0.05, 0) is 32.0 Å². The van der Waals surface area contributed by atoms with Crippen molar-refractivity contribution in [3.05, 3.63) is 48.0 Å². The summed E-state index contributed by atoms with van der Waals surface area (Å²) in [5.41, 5.74) is 1.06. The van der Waals surface area contributed by atoms with E-state index in [0.717, 1.165) is 12.0 Å². The summed E-state index contributed by atoms with van der Waals surface area (Å²) < 4.78 is 36.7. The summed E-state index contributed by atoms with van der Waals surface area (Å²) in [6.45, 7) is 3.73. The molecule has 0 aliphatic carbocycles. The molecular formula is C19H19F2NO3S. The van der Waals surface area contributed by atoms with Gasteiger partial charge >= 0.3 is 0 Å². The first kappa shape index (κ1) is 18.5. The van der Waals surface area contributed by atoms with Gasteiger partial charge in [0.05, 0.1) is 5.69 Å². The normalized spacial score (nSPS) is 14.7.